The van der Waals surface area contributed by atoms with Crippen molar-refractivity contribution in [3.8, 4) is 0 Å². The van der Waals surface area contributed by atoms with Gasteiger partial charge in [-0.3, -0.25) is 4.79 Å². The SMILES string of the molecule is CCCc1cc(C(=O)N/N=C\c2cccs2)cs1. The molecule has 0 aliphatic heterocycles. The van der Waals surface area contributed by atoms with Crippen LogP contribution in [-0.4, -0.2) is 12.1 Å². The van der Waals surface area contributed by atoms with Crippen LogP contribution in [0.1, 0.15) is 33.5 Å². The summed E-state index contributed by atoms with van der Waals surface area (Å²) in [6.07, 6.45) is 3.77. The van der Waals surface area contributed by atoms with Gasteiger partial charge < -0.3 is 0 Å². The van der Waals surface area contributed by atoms with E-state index in [1.807, 2.05) is 29.0 Å². The van der Waals surface area contributed by atoms with Gasteiger partial charge in [-0.2, -0.15) is 5.10 Å². The van der Waals surface area contributed by atoms with Crippen LogP contribution in [-0.2, 0) is 6.42 Å². The van der Waals surface area contributed by atoms with E-state index in [2.05, 4.69) is 17.5 Å². The van der Waals surface area contributed by atoms with Crippen LogP contribution in [0.3, 0.4) is 0 Å². The molecule has 0 atom stereocenters. The Labute approximate surface area is 114 Å². The molecule has 2 aromatic rings. The van der Waals surface area contributed by atoms with Crippen LogP contribution < -0.4 is 5.43 Å². The second kappa shape index (κ2) is 6.47. The van der Waals surface area contributed by atoms with Gasteiger partial charge in [0.15, 0.2) is 0 Å². The molecule has 0 unspecified atom stereocenters. The minimum absolute atomic E-state index is 0.151. The molecule has 0 radical (unpaired) electrons. The summed E-state index contributed by atoms with van der Waals surface area (Å²) in [5, 5.41) is 7.78. The number of hydrazone groups is 1. The fourth-order valence-electron chi connectivity index (χ4n) is 1.46. The molecule has 0 saturated carbocycles. The van der Waals surface area contributed by atoms with Crippen LogP contribution >= 0.6 is 22.7 Å². The summed E-state index contributed by atoms with van der Waals surface area (Å²) in [7, 11) is 0. The van der Waals surface area contributed by atoms with Crippen molar-refractivity contribution in [2.45, 2.75) is 19.8 Å². The monoisotopic (exact) mass is 278 g/mol. The average molecular weight is 278 g/mol. The van der Waals surface area contributed by atoms with Crippen molar-refractivity contribution >= 4 is 34.8 Å². The van der Waals surface area contributed by atoms with E-state index in [9.17, 15) is 4.79 Å². The normalized spacial score (nSPS) is 10.9. The molecule has 2 heterocycles. The molecule has 0 saturated heterocycles. The van der Waals surface area contributed by atoms with E-state index >= 15 is 0 Å². The van der Waals surface area contributed by atoms with Gasteiger partial charge in [0.05, 0.1) is 11.8 Å². The predicted molar refractivity (Wildman–Crippen MR) is 77.7 cm³/mol. The van der Waals surface area contributed by atoms with Crippen molar-refractivity contribution in [1.82, 2.24) is 5.43 Å². The van der Waals surface area contributed by atoms with Gasteiger partial charge in [-0.05, 0) is 23.9 Å². The first-order valence-corrected chi connectivity index (χ1v) is 7.50. The van der Waals surface area contributed by atoms with Crippen molar-refractivity contribution in [3.63, 3.8) is 0 Å². The number of thiophene rings is 2. The maximum atomic E-state index is 11.8. The molecular weight excluding hydrogens is 264 g/mol. The Morgan fingerprint density at radius 3 is 3.11 bits per heavy atom. The number of nitrogens with one attached hydrogen (secondary N) is 1. The van der Waals surface area contributed by atoms with Gasteiger partial charge in [-0.25, -0.2) is 5.43 Å². The fourth-order valence-corrected chi connectivity index (χ4v) is 3.02. The van der Waals surface area contributed by atoms with E-state index in [-0.39, 0.29) is 5.91 Å². The maximum Gasteiger partial charge on any atom is 0.272 e. The number of hydrogen-bond donors (Lipinski definition) is 1. The van der Waals surface area contributed by atoms with E-state index < -0.39 is 0 Å². The molecule has 0 aliphatic rings. The van der Waals surface area contributed by atoms with E-state index in [4.69, 9.17) is 0 Å². The number of aryl methyl sites for hydroxylation is 1. The molecule has 1 N–H and O–H groups in total. The zero-order valence-corrected chi connectivity index (χ0v) is 11.7. The van der Waals surface area contributed by atoms with Crippen LogP contribution in [0.15, 0.2) is 34.1 Å². The topological polar surface area (TPSA) is 41.5 Å². The maximum absolute atomic E-state index is 11.8. The molecule has 0 aromatic carbocycles. The number of rotatable bonds is 5. The second-order valence-corrected chi connectivity index (χ2v) is 5.74. The third kappa shape index (κ3) is 3.51. The third-order valence-electron chi connectivity index (χ3n) is 2.31. The highest BCUT2D eigenvalue weighted by Gasteiger charge is 2.07. The lowest BCUT2D eigenvalue weighted by molar-refractivity contribution is 0.0955. The van der Waals surface area contributed by atoms with Gasteiger partial charge in [0.25, 0.3) is 5.91 Å². The highest BCUT2D eigenvalue weighted by molar-refractivity contribution is 7.11. The van der Waals surface area contributed by atoms with E-state index in [1.165, 1.54) is 4.88 Å². The number of nitrogens with zero attached hydrogens (tertiary/aromatic N) is 1. The molecule has 0 bridgehead atoms. The van der Waals surface area contributed by atoms with Crippen LogP contribution in [0.5, 0.6) is 0 Å². The molecule has 0 spiro atoms. The molecule has 94 valence electrons. The Kier molecular flexibility index (Phi) is 4.66. The number of carbonyl (C=O) groups is 1. The lowest BCUT2D eigenvalue weighted by Crippen LogP contribution is -2.16. The van der Waals surface area contributed by atoms with Gasteiger partial charge >= 0.3 is 0 Å². The van der Waals surface area contributed by atoms with Crippen molar-refractivity contribution in [3.05, 3.63) is 44.3 Å². The molecule has 0 aliphatic carbocycles. The van der Waals surface area contributed by atoms with Gasteiger partial charge in [-0.1, -0.05) is 19.4 Å². The van der Waals surface area contributed by atoms with E-state index in [0.717, 1.165) is 17.7 Å². The smallest absolute Gasteiger partial charge is 0.267 e. The Bertz CT molecular complexity index is 529. The van der Waals surface area contributed by atoms with Crippen molar-refractivity contribution in [1.29, 1.82) is 0 Å². The van der Waals surface area contributed by atoms with E-state index in [1.54, 1.807) is 28.9 Å². The summed E-state index contributed by atoms with van der Waals surface area (Å²) in [5.74, 6) is -0.151. The number of hydrogen-bond acceptors (Lipinski definition) is 4. The largest absolute Gasteiger partial charge is 0.272 e. The van der Waals surface area contributed by atoms with E-state index in [0.29, 0.717) is 5.56 Å². The quantitative estimate of drug-likeness (QED) is 0.660. The molecule has 2 rings (SSSR count). The lowest BCUT2D eigenvalue weighted by Gasteiger charge is -1.95. The molecule has 2 aromatic heterocycles. The summed E-state index contributed by atoms with van der Waals surface area (Å²) < 4.78 is 0. The standard InChI is InChI=1S/C13H14N2OS2/c1-2-4-11-7-10(9-18-11)13(16)15-14-8-12-5-3-6-17-12/h3,5-9H,2,4H2,1H3,(H,15,16)/b14-8-. The lowest BCUT2D eigenvalue weighted by atomic mass is 10.2. The molecule has 0 fully saturated rings. The van der Waals surface area contributed by atoms with Gasteiger partial charge in [0.2, 0.25) is 0 Å². The van der Waals surface area contributed by atoms with Crippen molar-refractivity contribution < 1.29 is 4.79 Å². The summed E-state index contributed by atoms with van der Waals surface area (Å²) in [6, 6.07) is 5.83. The molecule has 5 heteroatoms. The molecular formula is C13H14N2OS2. The van der Waals surface area contributed by atoms with Crippen LogP contribution in [0, 0.1) is 0 Å². The van der Waals surface area contributed by atoms with Gasteiger partial charge in [-0.15, -0.1) is 22.7 Å². The van der Waals surface area contributed by atoms with Crippen LogP contribution in [0.4, 0.5) is 0 Å². The molecule has 1 amide bonds. The molecule has 18 heavy (non-hydrogen) atoms. The second-order valence-electron chi connectivity index (χ2n) is 3.77. The van der Waals surface area contributed by atoms with Crippen LogP contribution in [0.2, 0.25) is 0 Å². The van der Waals surface area contributed by atoms with Crippen molar-refractivity contribution in [2.75, 3.05) is 0 Å². The van der Waals surface area contributed by atoms with Gasteiger partial charge in [0.1, 0.15) is 0 Å². The highest BCUT2D eigenvalue weighted by Crippen LogP contribution is 2.16. The Balaban J connectivity index is 1.91. The zero-order chi connectivity index (χ0) is 12.8. The highest BCUT2D eigenvalue weighted by atomic mass is 32.1. The summed E-state index contributed by atoms with van der Waals surface area (Å²) in [6.45, 7) is 2.13. The third-order valence-corrected chi connectivity index (χ3v) is 4.12. The Morgan fingerprint density at radius 1 is 1.50 bits per heavy atom. The number of carbonyl (C=O) groups excluding carboxylic acids is 1. The Hall–Kier alpha value is -1.46. The van der Waals surface area contributed by atoms with Crippen LogP contribution in [0.25, 0.3) is 0 Å². The van der Waals surface area contributed by atoms with Crippen molar-refractivity contribution in [2.24, 2.45) is 5.10 Å². The first kappa shape index (κ1) is 13.0. The summed E-state index contributed by atoms with van der Waals surface area (Å²) in [4.78, 5) is 14.0. The van der Waals surface area contributed by atoms with Gasteiger partial charge in [0, 0.05) is 15.1 Å². The minimum atomic E-state index is -0.151. The summed E-state index contributed by atoms with van der Waals surface area (Å²) >= 11 is 3.21. The first-order chi connectivity index (χ1) is 8.79. The Morgan fingerprint density at radius 2 is 2.39 bits per heavy atom. The fraction of sp³-hybridized carbons (Fsp3) is 0.231. The number of amides is 1. The average Bonchev–Trinajstić information content (AvgIpc) is 3.00. The first-order valence-electron chi connectivity index (χ1n) is 5.74. The molecule has 3 nitrogen and oxygen atoms in total. The predicted octanol–water partition coefficient (Wildman–Crippen LogP) is 3.53. The minimum Gasteiger partial charge on any atom is -0.267 e. The summed E-state index contributed by atoms with van der Waals surface area (Å²) in [5.41, 5.74) is 3.22. The zero-order valence-electron chi connectivity index (χ0n) is 10.1.